The van der Waals surface area contributed by atoms with Gasteiger partial charge in [0.2, 0.25) is 5.91 Å². The van der Waals surface area contributed by atoms with Crippen molar-refractivity contribution in [3.63, 3.8) is 0 Å². The molecule has 1 unspecified atom stereocenters. The van der Waals surface area contributed by atoms with Gasteiger partial charge < -0.3 is 9.88 Å². The molecule has 1 N–H and O–H groups in total. The Balaban J connectivity index is 1.59. The van der Waals surface area contributed by atoms with Crippen LogP contribution in [0, 0.1) is 0 Å². The molecule has 0 saturated heterocycles. The molecule has 0 aliphatic heterocycles. The first-order valence-electron chi connectivity index (χ1n) is 8.07. The molecule has 3 aromatic rings. The van der Waals surface area contributed by atoms with Gasteiger partial charge in [0.1, 0.15) is 0 Å². The van der Waals surface area contributed by atoms with Gasteiger partial charge in [0.15, 0.2) is 11.0 Å². The molecule has 0 aliphatic rings. The molecule has 1 aromatic heterocycles. The van der Waals surface area contributed by atoms with Gasteiger partial charge in [-0.1, -0.05) is 72.4 Å². The van der Waals surface area contributed by atoms with Gasteiger partial charge in [-0.3, -0.25) is 4.79 Å². The lowest BCUT2D eigenvalue weighted by molar-refractivity contribution is -0.119. The fraction of sp³-hybridized carbons (Fsp3) is 0.211. The van der Waals surface area contributed by atoms with Crippen LogP contribution in [0.4, 0.5) is 0 Å². The van der Waals surface area contributed by atoms with Crippen LogP contribution in [-0.2, 0) is 11.8 Å². The van der Waals surface area contributed by atoms with Crippen molar-refractivity contribution in [2.75, 3.05) is 5.75 Å². The van der Waals surface area contributed by atoms with Crippen LogP contribution in [-0.4, -0.2) is 26.4 Å². The Morgan fingerprint density at radius 3 is 2.40 bits per heavy atom. The van der Waals surface area contributed by atoms with Gasteiger partial charge in [-0.2, -0.15) is 0 Å². The fourth-order valence-corrected chi connectivity index (χ4v) is 3.24. The van der Waals surface area contributed by atoms with Gasteiger partial charge in [-0.15, -0.1) is 10.2 Å². The molecule has 1 amide bonds. The van der Waals surface area contributed by atoms with Crippen LogP contribution in [0.15, 0.2) is 65.8 Å². The Morgan fingerprint density at radius 2 is 1.72 bits per heavy atom. The smallest absolute Gasteiger partial charge is 0.230 e. The van der Waals surface area contributed by atoms with Crippen molar-refractivity contribution in [3.8, 4) is 11.4 Å². The molecule has 1 atom stereocenters. The number of hydrogen-bond donors (Lipinski definition) is 1. The number of thioether (sulfide) groups is 1. The third kappa shape index (κ3) is 4.28. The van der Waals surface area contributed by atoms with Crippen molar-refractivity contribution in [1.82, 2.24) is 20.1 Å². The molecule has 0 bridgehead atoms. The number of benzene rings is 2. The minimum Gasteiger partial charge on any atom is -0.349 e. The predicted octanol–water partition coefficient (Wildman–Crippen LogP) is 3.45. The second-order valence-corrected chi connectivity index (χ2v) is 6.66. The van der Waals surface area contributed by atoms with Gasteiger partial charge >= 0.3 is 0 Å². The summed E-state index contributed by atoms with van der Waals surface area (Å²) in [6, 6.07) is 19.8. The zero-order valence-corrected chi connectivity index (χ0v) is 15.0. The van der Waals surface area contributed by atoms with E-state index in [9.17, 15) is 4.79 Å². The topological polar surface area (TPSA) is 59.8 Å². The average Bonchev–Trinajstić information content (AvgIpc) is 3.02. The minimum atomic E-state index is -0.0226. The van der Waals surface area contributed by atoms with Crippen LogP contribution in [0.25, 0.3) is 11.4 Å². The molecule has 25 heavy (non-hydrogen) atoms. The average molecular weight is 352 g/mol. The Kier molecular flexibility index (Phi) is 5.50. The number of nitrogens with one attached hydrogen (secondary N) is 1. The van der Waals surface area contributed by atoms with Crippen LogP contribution < -0.4 is 5.32 Å². The summed E-state index contributed by atoms with van der Waals surface area (Å²) in [6.45, 7) is 1.98. The molecule has 5 nitrogen and oxygen atoms in total. The van der Waals surface area contributed by atoms with E-state index in [1.54, 1.807) is 0 Å². The first-order chi connectivity index (χ1) is 12.1. The van der Waals surface area contributed by atoms with Crippen LogP contribution in [0.2, 0.25) is 0 Å². The fourth-order valence-electron chi connectivity index (χ4n) is 2.52. The van der Waals surface area contributed by atoms with Crippen LogP contribution in [0.3, 0.4) is 0 Å². The lowest BCUT2D eigenvalue weighted by atomic mass is 10.1. The van der Waals surface area contributed by atoms with E-state index in [0.717, 1.165) is 22.1 Å². The third-order valence-electron chi connectivity index (χ3n) is 3.88. The highest BCUT2D eigenvalue weighted by Crippen LogP contribution is 2.22. The first-order valence-corrected chi connectivity index (χ1v) is 9.05. The van der Waals surface area contributed by atoms with E-state index in [4.69, 9.17) is 0 Å². The van der Waals surface area contributed by atoms with Crippen molar-refractivity contribution < 1.29 is 4.79 Å². The minimum absolute atomic E-state index is 0.0197. The Morgan fingerprint density at radius 1 is 1.08 bits per heavy atom. The molecule has 0 radical (unpaired) electrons. The van der Waals surface area contributed by atoms with E-state index in [1.165, 1.54) is 11.8 Å². The van der Waals surface area contributed by atoms with E-state index in [1.807, 2.05) is 79.2 Å². The molecule has 0 fully saturated rings. The standard InChI is InChI=1S/C19H20N4OS/c1-14(15-9-5-3-6-10-15)20-17(24)13-25-19-22-21-18(23(19)2)16-11-7-4-8-12-16/h3-12,14H,13H2,1-2H3,(H,20,24). The highest BCUT2D eigenvalue weighted by Gasteiger charge is 2.14. The monoisotopic (exact) mass is 352 g/mol. The van der Waals surface area contributed by atoms with E-state index in [0.29, 0.717) is 5.75 Å². The molecule has 0 aliphatic carbocycles. The van der Waals surface area contributed by atoms with Gasteiger partial charge in [0, 0.05) is 12.6 Å². The number of hydrogen-bond acceptors (Lipinski definition) is 4. The predicted molar refractivity (Wildman–Crippen MR) is 100 cm³/mol. The molecule has 128 valence electrons. The molecular weight excluding hydrogens is 332 g/mol. The number of rotatable bonds is 6. The summed E-state index contributed by atoms with van der Waals surface area (Å²) in [7, 11) is 1.91. The summed E-state index contributed by atoms with van der Waals surface area (Å²) in [4.78, 5) is 12.2. The molecule has 2 aromatic carbocycles. The SMILES string of the molecule is CC(NC(=O)CSc1nnc(-c2ccccc2)n1C)c1ccccc1. The third-order valence-corrected chi connectivity index (χ3v) is 4.90. The highest BCUT2D eigenvalue weighted by molar-refractivity contribution is 7.99. The molecule has 1 heterocycles. The van der Waals surface area contributed by atoms with Crippen molar-refractivity contribution in [2.24, 2.45) is 7.05 Å². The normalized spacial score (nSPS) is 11.9. The molecule has 0 spiro atoms. The summed E-state index contributed by atoms with van der Waals surface area (Å²) >= 11 is 1.39. The molecule has 6 heteroatoms. The quantitative estimate of drug-likeness (QED) is 0.690. The van der Waals surface area contributed by atoms with Gasteiger partial charge in [-0.25, -0.2) is 0 Å². The zero-order valence-electron chi connectivity index (χ0n) is 14.2. The van der Waals surface area contributed by atoms with Crippen LogP contribution in [0.5, 0.6) is 0 Å². The molecule has 3 rings (SSSR count). The maximum Gasteiger partial charge on any atom is 0.230 e. The van der Waals surface area contributed by atoms with Crippen molar-refractivity contribution >= 4 is 17.7 Å². The highest BCUT2D eigenvalue weighted by atomic mass is 32.2. The van der Waals surface area contributed by atoms with Gasteiger partial charge in [0.05, 0.1) is 11.8 Å². The van der Waals surface area contributed by atoms with Crippen LogP contribution >= 0.6 is 11.8 Å². The number of carbonyl (C=O) groups is 1. The molecule has 0 saturated carbocycles. The lowest BCUT2D eigenvalue weighted by Crippen LogP contribution is -2.28. The summed E-state index contributed by atoms with van der Waals surface area (Å²) in [5, 5.41) is 12.2. The zero-order chi connectivity index (χ0) is 17.6. The van der Waals surface area contributed by atoms with Crippen LogP contribution in [0.1, 0.15) is 18.5 Å². The Labute approximate surface area is 151 Å². The van der Waals surface area contributed by atoms with Gasteiger partial charge in [-0.05, 0) is 12.5 Å². The van der Waals surface area contributed by atoms with Crippen molar-refractivity contribution in [2.45, 2.75) is 18.1 Å². The number of nitrogens with zero attached hydrogens (tertiary/aromatic N) is 3. The lowest BCUT2D eigenvalue weighted by Gasteiger charge is -2.13. The van der Waals surface area contributed by atoms with Crippen molar-refractivity contribution in [1.29, 1.82) is 0 Å². The molecular formula is C19H20N4OS. The first kappa shape index (κ1) is 17.2. The van der Waals surface area contributed by atoms with E-state index in [-0.39, 0.29) is 11.9 Å². The van der Waals surface area contributed by atoms with E-state index >= 15 is 0 Å². The Hall–Kier alpha value is -2.60. The second-order valence-electron chi connectivity index (χ2n) is 5.72. The van der Waals surface area contributed by atoms with E-state index in [2.05, 4.69) is 15.5 Å². The number of amides is 1. The summed E-state index contributed by atoms with van der Waals surface area (Å²) in [5.41, 5.74) is 2.09. The number of aromatic nitrogens is 3. The summed E-state index contributed by atoms with van der Waals surface area (Å²) in [6.07, 6.45) is 0. The maximum atomic E-state index is 12.2. The second kappa shape index (κ2) is 7.98. The van der Waals surface area contributed by atoms with E-state index < -0.39 is 0 Å². The van der Waals surface area contributed by atoms with Crippen molar-refractivity contribution in [3.05, 3.63) is 66.2 Å². The summed E-state index contributed by atoms with van der Waals surface area (Å²) < 4.78 is 1.91. The Bertz CT molecular complexity index is 833. The largest absolute Gasteiger partial charge is 0.349 e. The van der Waals surface area contributed by atoms with Gasteiger partial charge in [0.25, 0.3) is 0 Å². The maximum absolute atomic E-state index is 12.2. The number of carbonyl (C=O) groups excluding carboxylic acids is 1. The summed E-state index contributed by atoms with van der Waals surface area (Å²) in [5.74, 6) is 1.07.